The third-order valence-electron chi connectivity index (χ3n) is 4.92. The summed E-state index contributed by atoms with van der Waals surface area (Å²) in [6.45, 7) is 8.85. The Morgan fingerprint density at radius 3 is 2.11 bits per heavy atom. The quantitative estimate of drug-likeness (QED) is 0.440. The lowest BCUT2D eigenvalue weighted by Crippen LogP contribution is -2.55. The molecule has 0 heterocycles. The number of ether oxygens (including phenoxy) is 2. The van der Waals surface area contributed by atoms with Gasteiger partial charge >= 0.3 is 12.1 Å². The van der Waals surface area contributed by atoms with Gasteiger partial charge in [-0.15, -0.1) is 6.58 Å². The highest BCUT2D eigenvalue weighted by Gasteiger charge is 2.35. The molecule has 2 aromatic carbocycles. The predicted molar refractivity (Wildman–Crippen MR) is 132 cm³/mol. The molecular formula is C27H34N2O6. The minimum Gasteiger partial charge on any atom is -0.480 e. The van der Waals surface area contributed by atoms with Gasteiger partial charge in [0.15, 0.2) is 0 Å². The average Bonchev–Trinajstić information content (AvgIpc) is 2.80. The molecule has 0 saturated carbocycles. The number of carbonyl (C=O) groups excluding carboxylic acids is 2. The molecule has 0 fully saturated rings. The molecule has 2 N–H and O–H groups in total. The van der Waals surface area contributed by atoms with Crippen molar-refractivity contribution in [1.29, 1.82) is 0 Å². The number of hydrogen-bond donors (Lipinski definition) is 2. The zero-order valence-electron chi connectivity index (χ0n) is 20.5. The second-order valence-corrected chi connectivity index (χ2v) is 9.03. The van der Waals surface area contributed by atoms with Crippen LogP contribution < -0.4 is 5.32 Å². The van der Waals surface area contributed by atoms with Gasteiger partial charge in [-0.1, -0.05) is 66.7 Å². The second kappa shape index (κ2) is 13.3. The Morgan fingerprint density at radius 2 is 1.60 bits per heavy atom. The van der Waals surface area contributed by atoms with E-state index in [1.165, 1.54) is 11.0 Å². The lowest BCUT2D eigenvalue weighted by atomic mass is 10.1. The highest BCUT2D eigenvalue weighted by Crippen LogP contribution is 2.16. The maximum absolute atomic E-state index is 13.7. The Balaban J connectivity index is 2.30. The van der Waals surface area contributed by atoms with Crippen molar-refractivity contribution in [3.63, 3.8) is 0 Å². The summed E-state index contributed by atoms with van der Waals surface area (Å²) >= 11 is 0. The number of aliphatic carboxylic acids is 1. The molecule has 35 heavy (non-hydrogen) atoms. The van der Waals surface area contributed by atoms with E-state index in [9.17, 15) is 19.5 Å². The predicted octanol–water partition coefficient (Wildman–Crippen LogP) is 4.15. The number of hydrogen-bond acceptors (Lipinski definition) is 5. The molecule has 0 saturated heterocycles. The monoisotopic (exact) mass is 482 g/mol. The standard InChI is InChI=1S/C27H34N2O6/c1-5-12-23(25(31)32)29(17-20-13-8-6-9-14-20)24(30)22(28-26(33)35-27(2,3)4)19-34-18-21-15-10-7-11-16-21/h5-11,13-16,22-23H,1,12,17-19H2,2-4H3,(H,28,33)(H,31,32). The van der Waals surface area contributed by atoms with E-state index in [2.05, 4.69) is 11.9 Å². The maximum Gasteiger partial charge on any atom is 0.408 e. The zero-order chi connectivity index (χ0) is 25.8. The van der Waals surface area contributed by atoms with Crippen LogP contribution in [0.4, 0.5) is 4.79 Å². The number of nitrogens with one attached hydrogen (secondary N) is 1. The second-order valence-electron chi connectivity index (χ2n) is 9.03. The Labute approximate surface area is 206 Å². The lowest BCUT2D eigenvalue weighted by Gasteiger charge is -2.32. The molecule has 0 aromatic heterocycles. The van der Waals surface area contributed by atoms with Crippen molar-refractivity contribution < 1.29 is 29.0 Å². The van der Waals surface area contributed by atoms with E-state index in [4.69, 9.17) is 9.47 Å². The molecule has 2 atom stereocenters. The molecule has 2 amide bonds. The third kappa shape index (κ3) is 9.62. The molecule has 0 aliphatic carbocycles. The topological polar surface area (TPSA) is 105 Å². The molecule has 0 spiro atoms. The summed E-state index contributed by atoms with van der Waals surface area (Å²) in [6.07, 6.45) is 0.693. The maximum atomic E-state index is 13.7. The molecule has 0 radical (unpaired) electrons. The number of amides is 2. The molecule has 8 nitrogen and oxygen atoms in total. The average molecular weight is 483 g/mol. The van der Waals surface area contributed by atoms with Crippen molar-refractivity contribution in [2.24, 2.45) is 0 Å². The van der Waals surface area contributed by atoms with Crippen LogP contribution in [-0.2, 0) is 32.2 Å². The third-order valence-corrected chi connectivity index (χ3v) is 4.92. The first-order valence-electron chi connectivity index (χ1n) is 11.4. The number of rotatable bonds is 12. The van der Waals surface area contributed by atoms with Crippen LogP contribution in [-0.4, -0.2) is 52.3 Å². The fourth-order valence-corrected chi connectivity index (χ4v) is 3.33. The van der Waals surface area contributed by atoms with E-state index in [0.29, 0.717) is 0 Å². The molecule has 0 bridgehead atoms. The summed E-state index contributed by atoms with van der Waals surface area (Å²) in [5, 5.41) is 12.4. The highest BCUT2D eigenvalue weighted by atomic mass is 16.6. The summed E-state index contributed by atoms with van der Waals surface area (Å²) in [4.78, 5) is 39.5. The van der Waals surface area contributed by atoms with E-state index in [0.717, 1.165) is 11.1 Å². The van der Waals surface area contributed by atoms with Gasteiger partial charge in [0.05, 0.1) is 13.2 Å². The number of nitrogens with zero attached hydrogens (tertiary/aromatic N) is 1. The fraction of sp³-hybridized carbons (Fsp3) is 0.370. The number of carbonyl (C=O) groups is 3. The Hall–Kier alpha value is -3.65. The summed E-state index contributed by atoms with van der Waals surface area (Å²) in [7, 11) is 0. The van der Waals surface area contributed by atoms with Crippen LogP contribution in [0.25, 0.3) is 0 Å². The summed E-state index contributed by atoms with van der Waals surface area (Å²) in [6, 6.07) is 16.1. The first-order valence-corrected chi connectivity index (χ1v) is 11.4. The van der Waals surface area contributed by atoms with E-state index < -0.39 is 35.7 Å². The van der Waals surface area contributed by atoms with Crippen LogP contribution in [0.15, 0.2) is 73.3 Å². The molecule has 2 rings (SSSR count). The van der Waals surface area contributed by atoms with Gasteiger partial charge in [0.25, 0.3) is 0 Å². The van der Waals surface area contributed by atoms with Gasteiger partial charge in [-0.2, -0.15) is 0 Å². The first kappa shape index (κ1) is 27.6. The highest BCUT2D eigenvalue weighted by molar-refractivity contribution is 5.89. The Bertz CT molecular complexity index is 972. The van der Waals surface area contributed by atoms with Gasteiger partial charge in [0.2, 0.25) is 5.91 Å². The van der Waals surface area contributed by atoms with Gasteiger partial charge < -0.3 is 24.8 Å². The smallest absolute Gasteiger partial charge is 0.408 e. The number of benzene rings is 2. The molecule has 2 aromatic rings. The number of alkyl carbamates (subject to hydrolysis) is 1. The molecule has 0 aliphatic heterocycles. The minimum atomic E-state index is -1.17. The SMILES string of the molecule is C=CCC(C(=O)O)N(Cc1ccccc1)C(=O)C(COCc1ccccc1)NC(=O)OC(C)(C)C. The van der Waals surface area contributed by atoms with Crippen LogP contribution in [0.1, 0.15) is 38.3 Å². The van der Waals surface area contributed by atoms with Crippen molar-refractivity contribution >= 4 is 18.0 Å². The number of carboxylic acid groups (broad SMARTS) is 1. The summed E-state index contributed by atoms with van der Waals surface area (Å²) in [5.41, 5.74) is 0.864. The van der Waals surface area contributed by atoms with Crippen molar-refractivity contribution in [3.05, 3.63) is 84.4 Å². The van der Waals surface area contributed by atoms with Crippen LogP contribution in [0.3, 0.4) is 0 Å². The Kier molecular flexibility index (Phi) is 10.5. The van der Waals surface area contributed by atoms with Gasteiger partial charge in [-0.25, -0.2) is 9.59 Å². The van der Waals surface area contributed by atoms with Gasteiger partial charge in [0.1, 0.15) is 17.7 Å². The van der Waals surface area contributed by atoms with Gasteiger partial charge in [-0.3, -0.25) is 4.79 Å². The van der Waals surface area contributed by atoms with Gasteiger partial charge in [0, 0.05) is 6.54 Å². The van der Waals surface area contributed by atoms with Crippen LogP contribution in [0.5, 0.6) is 0 Å². The molecule has 2 unspecified atom stereocenters. The molecular weight excluding hydrogens is 448 g/mol. The van der Waals surface area contributed by atoms with E-state index in [1.54, 1.807) is 45.0 Å². The number of carboxylic acids is 1. The van der Waals surface area contributed by atoms with Crippen molar-refractivity contribution in [3.8, 4) is 0 Å². The van der Waals surface area contributed by atoms with E-state index >= 15 is 0 Å². The lowest BCUT2D eigenvalue weighted by molar-refractivity contribution is -0.152. The minimum absolute atomic E-state index is 0.0374. The van der Waals surface area contributed by atoms with E-state index in [-0.39, 0.29) is 26.2 Å². The largest absolute Gasteiger partial charge is 0.480 e. The molecule has 188 valence electrons. The van der Waals surface area contributed by atoms with Crippen LogP contribution >= 0.6 is 0 Å². The van der Waals surface area contributed by atoms with Crippen molar-refractivity contribution in [2.75, 3.05) is 6.61 Å². The normalized spacial score (nSPS) is 12.8. The van der Waals surface area contributed by atoms with Gasteiger partial charge in [-0.05, 0) is 38.3 Å². The van der Waals surface area contributed by atoms with Crippen molar-refractivity contribution in [2.45, 2.75) is 58.0 Å². The van der Waals surface area contributed by atoms with Crippen molar-refractivity contribution in [1.82, 2.24) is 10.2 Å². The first-order chi connectivity index (χ1) is 16.6. The molecule has 8 heteroatoms. The zero-order valence-corrected chi connectivity index (χ0v) is 20.5. The summed E-state index contributed by atoms with van der Waals surface area (Å²) in [5.74, 6) is -1.77. The van der Waals surface area contributed by atoms with Crippen LogP contribution in [0, 0.1) is 0 Å². The Morgan fingerprint density at radius 1 is 1.03 bits per heavy atom. The summed E-state index contributed by atoms with van der Waals surface area (Å²) < 4.78 is 11.1. The van der Waals surface area contributed by atoms with Crippen LogP contribution in [0.2, 0.25) is 0 Å². The fourth-order valence-electron chi connectivity index (χ4n) is 3.33. The molecule has 0 aliphatic rings. The van der Waals surface area contributed by atoms with E-state index in [1.807, 2.05) is 36.4 Å².